The number of ketones is 1. The number of nitrogens with zero attached hydrogens (tertiary/aromatic N) is 1. The second-order valence-electron chi connectivity index (χ2n) is 5.18. The highest BCUT2D eigenvalue weighted by Gasteiger charge is 2.08. The highest BCUT2D eigenvalue weighted by Crippen LogP contribution is 2.28. The molecule has 0 amide bonds. The van der Waals surface area contributed by atoms with E-state index in [4.69, 9.17) is 9.47 Å². The van der Waals surface area contributed by atoms with Gasteiger partial charge in [0.25, 0.3) is 0 Å². The normalized spacial score (nSPS) is 10.9. The molecule has 1 heterocycles. The van der Waals surface area contributed by atoms with Gasteiger partial charge in [-0.05, 0) is 42.0 Å². The van der Waals surface area contributed by atoms with Gasteiger partial charge in [0.05, 0.1) is 19.7 Å². The molecule has 0 fully saturated rings. The Kier molecular flexibility index (Phi) is 4.57. The van der Waals surface area contributed by atoms with E-state index in [-0.39, 0.29) is 5.78 Å². The molecule has 1 aromatic heterocycles. The van der Waals surface area contributed by atoms with E-state index in [2.05, 4.69) is 4.98 Å². The Bertz CT molecular complexity index is 910. The lowest BCUT2D eigenvalue weighted by molar-refractivity contribution is 0.104. The van der Waals surface area contributed by atoms with Crippen LogP contribution in [0.1, 0.15) is 15.9 Å². The molecule has 4 nitrogen and oxygen atoms in total. The first kappa shape index (κ1) is 15.7. The molecule has 3 rings (SSSR count). The molecule has 0 radical (unpaired) electrons. The number of hydrogen-bond acceptors (Lipinski definition) is 4. The van der Waals surface area contributed by atoms with Gasteiger partial charge in [-0.1, -0.05) is 24.3 Å². The predicted octanol–water partition coefficient (Wildman–Crippen LogP) is 4.15. The quantitative estimate of drug-likeness (QED) is 0.523. The minimum atomic E-state index is -0.100. The smallest absolute Gasteiger partial charge is 0.185 e. The van der Waals surface area contributed by atoms with Crippen molar-refractivity contribution in [3.8, 4) is 11.5 Å². The fourth-order valence-electron chi connectivity index (χ4n) is 2.51. The standard InChI is InChI=1S/C20H17NO3/c1-23-19-10-8-15(13-20(19)24-2)18(22)9-7-14-11-12-21-17-6-4-3-5-16(14)17/h3-13H,1-2H3. The molecule has 120 valence electrons. The van der Waals surface area contributed by atoms with Crippen molar-refractivity contribution >= 4 is 22.8 Å². The maximum Gasteiger partial charge on any atom is 0.185 e. The van der Waals surface area contributed by atoms with Crippen LogP contribution >= 0.6 is 0 Å². The average molecular weight is 319 g/mol. The summed E-state index contributed by atoms with van der Waals surface area (Å²) < 4.78 is 10.4. The lowest BCUT2D eigenvalue weighted by atomic mass is 10.1. The van der Waals surface area contributed by atoms with Gasteiger partial charge in [-0.25, -0.2) is 0 Å². The molecule has 0 saturated carbocycles. The monoisotopic (exact) mass is 319 g/mol. The summed E-state index contributed by atoms with van der Waals surface area (Å²) in [5.41, 5.74) is 2.40. The highest BCUT2D eigenvalue weighted by atomic mass is 16.5. The molecule has 0 bridgehead atoms. The molecular formula is C20H17NO3. The number of carbonyl (C=O) groups is 1. The molecule has 0 unspecified atom stereocenters. The summed E-state index contributed by atoms with van der Waals surface area (Å²) in [6.07, 6.45) is 5.11. The van der Waals surface area contributed by atoms with Crippen molar-refractivity contribution in [2.75, 3.05) is 14.2 Å². The summed E-state index contributed by atoms with van der Waals surface area (Å²) in [4.78, 5) is 16.7. The molecular weight excluding hydrogens is 302 g/mol. The minimum absolute atomic E-state index is 0.100. The van der Waals surface area contributed by atoms with Crippen LogP contribution < -0.4 is 9.47 Å². The van der Waals surface area contributed by atoms with Crippen molar-refractivity contribution in [3.05, 3.63) is 71.9 Å². The van der Waals surface area contributed by atoms with E-state index < -0.39 is 0 Å². The summed E-state index contributed by atoms with van der Waals surface area (Å²) >= 11 is 0. The van der Waals surface area contributed by atoms with E-state index in [1.165, 1.54) is 0 Å². The van der Waals surface area contributed by atoms with Crippen LogP contribution in [-0.2, 0) is 0 Å². The Hall–Kier alpha value is -3.14. The van der Waals surface area contributed by atoms with Gasteiger partial charge in [0.2, 0.25) is 0 Å². The highest BCUT2D eigenvalue weighted by molar-refractivity contribution is 6.08. The summed E-state index contributed by atoms with van der Waals surface area (Å²) in [5.74, 6) is 1.03. The van der Waals surface area contributed by atoms with Crippen molar-refractivity contribution < 1.29 is 14.3 Å². The van der Waals surface area contributed by atoms with Crippen LogP contribution in [0, 0.1) is 0 Å². The Balaban J connectivity index is 1.90. The van der Waals surface area contributed by atoms with Gasteiger partial charge in [-0.2, -0.15) is 0 Å². The van der Waals surface area contributed by atoms with Crippen molar-refractivity contribution in [1.29, 1.82) is 0 Å². The number of fused-ring (bicyclic) bond motifs is 1. The molecule has 0 aliphatic heterocycles. The number of para-hydroxylation sites is 1. The van der Waals surface area contributed by atoms with Crippen LogP contribution in [-0.4, -0.2) is 25.0 Å². The van der Waals surface area contributed by atoms with E-state index in [0.29, 0.717) is 17.1 Å². The van der Waals surface area contributed by atoms with Gasteiger partial charge in [0, 0.05) is 17.1 Å². The largest absolute Gasteiger partial charge is 0.493 e. The molecule has 0 spiro atoms. The first-order chi connectivity index (χ1) is 11.7. The number of methoxy groups -OCH3 is 2. The maximum absolute atomic E-state index is 12.4. The van der Waals surface area contributed by atoms with Gasteiger partial charge in [-0.3, -0.25) is 9.78 Å². The predicted molar refractivity (Wildman–Crippen MR) is 94.7 cm³/mol. The third kappa shape index (κ3) is 3.13. The summed E-state index contributed by atoms with van der Waals surface area (Å²) in [6.45, 7) is 0. The summed E-state index contributed by atoms with van der Waals surface area (Å²) in [7, 11) is 3.11. The number of rotatable bonds is 5. The van der Waals surface area contributed by atoms with Gasteiger partial charge >= 0.3 is 0 Å². The second-order valence-corrected chi connectivity index (χ2v) is 5.18. The van der Waals surface area contributed by atoms with Crippen molar-refractivity contribution in [2.45, 2.75) is 0 Å². The van der Waals surface area contributed by atoms with Crippen LogP contribution in [0.5, 0.6) is 11.5 Å². The number of carbonyl (C=O) groups excluding carboxylic acids is 1. The van der Waals surface area contributed by atoms with Crippen molar-refractivity contribution in [3.63, 3.8) is 0 Å². The zero-order valence-corrected chi connectivity index (χ0v) is 13.5. The third-order valence-electron chi connectivity index (χ3n) is 3.77. The Morgan fingerprint density at radius 3 is 2.58 bits per heavy atom. The SMILES string of the molecule is COc1ccc(C(=O)C=Cc2ccnc3ccccc23)cc1OC. The molecule has 2 aromatic carbocycles. The fraction of sp³-hybridized carbons (Fsp3) is 0.100. The molecule has 3 aromatic rings. The minimum Gasteiger partial charge on any atom is -0.493 e. The average Bonchev–Trinajstić information content (AvgIpc) is 2.65. The van der Waals surface area contributed by atoms with Crippen LogP contribution in [0.4, 0.5) is 0 Å². The zero-order valence-electron chi connectivity index (χ0n) is 13.5. The van der Waals surface area contributed by atoms with Crippen LogP contribution in [0.15, 0.2) is 60.8 Å². The van der Waals surface area contributed by atoms with E-state index in [9.17, 15) is 4.79 Å². The van der Waals surface area contributed by atoms with Crippen molar-refractivity contribution in [2.24, 2.45) is 0 Å². The second kappa shape index (κ2) is 6.96. The topological polar surface area (TPSA) is 48.4 Å². The molecule has 24 heavy (non-hydrogen) atoms. The maximum atomic E-state index is 12.4. The number of benzene rings is 2. The van der Waals surface area contributed by atoms with Crippen LogP contribution in [0.3, 0.4) is 0 Å². The van der Waals surface area contributed by atoms with E-state index in [1.54, 1.807) is 44.7 Å². The first-order valence-electron chi connectivity index (χ1n) is 7.51. The van der Waals surface area contributed by atoms with Crippen molar-refractivity contribution in [1.82, 2.24) is 4.98 Å². The fourth-order valence-corrected chi connectivity index (χ4v) is 2.51. The van der Waals surface area contributed by atoms with E-state index in [0.717, 1.165) is 16.5 Å². The lowest BCUT2D eigenvalue weighted by Gasteiger charge is -2.08. The zero-order chi connectivity index (χ0) is 16.9. The van der Waals surface area contributed by atoms with Crippen LogP contribution in [0.2, 0.25) is 0 Å². The number of ether oxygens (including phenoxy) is 2. The van der Waals surface area contributed by atoms with Gasteiger partial charge in [0.15, 0.2) is 17.3 Å². The van der Waals surface area contributed by atoms with Gasteiger partial charge < -0.3 is 9.47 Å². The summed E-state index contributed by atoms with van der Waals surface area (Å²) in [5, 5.41) is 1.01. The first-order valence-corrected chi connectivity index (χ1v) is 7.51. The van der Waals surface area contributed by atoms with Crippen LogP contribution in [0.25, 0.3) is 17.0 Å². The van der Waals surface area contributed by atoms with Gasteiger partial charge in [-0.15, -0.1) is 0 Å². The molecule has 0 saturated heterocycles. The number of pyridine rings is 1. The Labute approximate surface area is 140 Å². The number of allylic oxidation sites excluding steroid dienone is 1. The molecule has 0 N–H and O–H groups in total. The lowest BCUT2D eigenvalue weighted by Crippen LogP contribution is -1.97. The van der Waals surface area contributed by atoms with E-state index in [1.807, 2.05) is 36.4 Å². The molecule has 0 aliphatic rings. The summed E-state index contributed by atoms with van der Waals surface area (Å²) in [6, 6.07) is 14.8. The third-order valence-corrected chi connectivity index (χ3v) is 3.77. The molecule has 0 atom stereocenters. The number of aromatic nitrogens is 1. The van der Waals surface area contributed by atoms with Gasteiger partial charge in [0.1, 0.15) is 0 Å². The molecule has 0 aliphatic carbocycles. The Morgan fingerprint density at radius 1 is 1.00 bits per heavy atom. The number of hydrogen-bond donors (Lipinski definition) is 0. The molecule has 4 heteroatoms. The Morgan fingerprint density at radius 2 is 1.79 bits per heavy atom. The van der Waals surface area contributed by atoms with E-state index >= 15 is 0 Å².